The van der Waals surface area contributed by atoms with E-state index < -0.39 is 0 Å². The van der Waals surface area contributed by atoms with Gasteiger partial charge in [0.1, 0.15) is 0 Å². The molecule has 1 fully saturated rings. The van der Waals surface area contributed by atoms with Gasteiger partial charge in [0.2, 0.25) is 0 Å². The number of urea groups is 1. The van der Waals surface area contributed by atoms with Crippen LogP contribution in [0.1, 0.15) is 23.7 Å². The van der Waals surface area contributed by atoms with Crippen LogP contribution in [0.2, 0.25) is 0 Å². The molecule has 0 bridgehead atoms. The van der Waals surface area contributed by atoms with Crippen LogP contribution in [-0.2, 0) is 0 Å². The number of hydrogen-bond acceptors (Lipinski definition) is 6. The van der Waals surface area contributed by atoms with Crippen LogP contribution >= 0.6 is 11.3 Å². The van der Waals surface area contributed by atoms with Crippen LogP contribution in [0.15, 0.2) is 18.2 Å². The van der Waals surface area contributed by atoms with E-state index in [0.717, 1.165) is 49.4 Å². The van der Waals surface area contributed by atoms with Crippen molar-refractivity contribution >= 4 is 38.6 Å². The van der Waals surface area contributed by atoms with Gasteiger partial charge in [0.25, 0.3) is 5.91 Å². The minimum Gasteiger partial charge on any atom is -0.352 e. The lowest BCUT2D eigenvalue weighted by molar-refractivity contribution is 0.0949. The lowest BCUT2D eigenvalue weighted by Gasteiger charge is -2.32. The van der Waals surface area contributed by atoms with Gasteiger partial charge in [0, 0.05) is 44.8 Å². The molecule has 0 unspecified atom stereocenters. The van der Waals surface area contributed by atoms with E-state index in [1.807, 2.05) is 19.1 Å². The van der Waals surface area contributed by atoms with Crippen molar-refractivity contribution in [2.24, 2.45) is 0 Å². The Balaban J connectivity index is 1.48. The molecule has 0 saturated carbocycles. The quantitative estimate of drug-likeness (QED) is 0.613. The number of thiazole rings is 1. The Bertz CT molecular complexity index is 816. The number of aromatic nitrogens is 1. The van der Waals surface area contributed by atoms with E-state index in [0.29, 0.717) is 23.8 Å². The van der Waals surface area contributed by atoms with Crippen LogP contribution in [0.4, 0.5) is 9.93 Å². The molecular formula is C19H28N6O2S. The monoisotopic (exact) mass is 404 g/mol. The summed E-state index contributed by atoms with van der Waals surface area (Å²) >= 11 is 1.36. The SMILES string of the molecule is CCNC(=O)Nc1nc2ccc(C(=O)NCCCN3CCN(C)CC3)cc2s1. The molecule has 0 radical (unpaired) electrons. The third-order valence-corrected chi connectivity index (χ3v) is 5.67. The second kappa shape index (κ2) is 9.81. The molecule has 1 saturated heterocycles. The molecule has 3 amide bonds. The maximum atomic E-state index is 12.4. The van der Waals surface area contributed by atoms with Crippen molar-refractivity contribution in [3.8, 4) is 0 Å². The highest BCUT2D eigenvalue weighted by Crippen LogP contribution is 2.26. The topological polar surface area (TPSA) is 89.6 Å². The Hall–Kier alpha value is -2.23. The van der Waals surface area contributed by atoms with Crippen LogP contribution in [0.25, 0.3) is 10.2 Å². The average molecular weight is 405 g/mol. The molecule has 3 N–H and O–H groups in total. The van der Waals surface area contributed by atoms with Gasteiger partial charge in [0.05, 0.1) is 10.2 Å². The Morgan fingerprint density at radius 3 is 2.71 bits per heavy atom. The zero-order valence-corrected chi connectivity index (χ0v) is 17.3. The molecule has 9 heteroatoms. The maximum Gasteiger partial charge on any atom is 0.321 e. The van der Waals surface area contributed by atoms with E-state index in [-0.39, 0.29) is 11.9 Å². The van der Waals surface area contributed by atoms with E-state index in [4.69, 9.17) is 0 Å². The Morgan fingerprint density at radius 1 is 1.18 bits per heavy atom. The summed E-state index contributed by atoms with van der Waals surface area (Å²) in [7, 11) is 2.15. The van der Waals surface area contributed by atoms with Gasteiger partial charge in [-0.25, -0.2) is 9.78 Å². The summed E-state index contributed by atoms with van der Waals surface area (Å²) in [6, 6.07) is 5.13. The van der Waals surface area contributed by atoms with E-state index in [1.54, 1.807) is 6.07 Å². The van der Waals surface area contributed by atoms with Gasteiger partial charge in [-0.05, 0) is 45.1 Å². The summed E-state index contributed by atoms with van der Waals surface area (Å²) in [5.74, 6) is -0.0769. The van der Waals surface area contributed by atoms with Gasteiger partial charge in [-0.2, -0.15) is 0 Å². The number of benzene rings is 1. The first-order valence-corrected chi connectivity index (χ1v) is 10.5. The summed E-state index contributed by atoms with van der Waals surface area (Å²) in [5.41, 5.74) is 1.38. The summed E-state index contributed by atoms with van der Waals surface area (Å²) in [6.45, 7) is 8.49. The lowest BCUT2D eigenvalue weighted by atomic mass is 10.2. The molecule has 2 heterocycles. The number of nitrogens with zero attached hydrogens (tertiary/aromatic N) is 3. The van der Waals surface area contributed by atoms with Crippen LogP contribution in [0, 0.1) is 0 Å². The first kappa shape index (κ1) is 20.5. The highest BCUT2D eigenvalue weighted by Gasteiger charge is 2.14. The molecule has 1 aromatic carbocycles. The fourth-order valence-electron chi connectivity index (χ4n) is 3.10. The number of rotatable bonds is 7. The van der Waals surface area contributed by atoms with Crippen molar-refractivity contribution in [3.63, 3.8) is 0 Å². The van der Waals surface area contributed by atoms with Gasteiger partial charge in [0.15, 0.2) is 5.13 Å². The van der Waals surface area contributed by atoms with Crippen molar-refractivity contribution in [1.29, 1.82) is 0 Å². The Morgan fingerprint density at radius 2 is 1.96 bits per heavy atom. The number of nitrogens with one attached hydrogen (secondary N) is 3. The number of anilines is 1. The standard InChI is InChI=1S/C19H28N6O2S/c1-3-20-18(27)23-19-22-15-6-5-14(13-16(15)28-19)17(26)21-7-4-8-25-11-9-24(2)10-12-25/h5-6,13H,3-4,7-12H2,1-2H3,(H,21,26)(H2,20,22,23,27). The second-order valence-corrected chi connectivity index (χ2v) is 7.97. The highest BCUT2D eigenvalue weighted by atomic mass is 32.1. The molecule has 152 valence electrons. The molecule has 1 aromatic heterocycles. The number of piperazine rings is 1. The van der Waals surface area contributed by atoms with E-state index >= 15 is 0 Å². The predicted molar refractivity (Wildman–Crippen MR) is 113 cm³/mol. The minimum absolute atomic E-state index is 0.0769. The van der Waals surface area contributed by atoms with E-state index in [1.165, 1.54) is 11.3 Å². The minimum atomic E-state index is -0.278. The van der Waals surface area contributed by atoms with Gasteiger partial charge < -0.3 is 20.4 Å². The average Bonchev–Trinajstić information content (AvgIpc) is 3.07. The fourth-order valence-corrected chi connectivity index (χ4v) is 4.00. The molecule has 0 atom stereocenters. The zero-order valence-electron chi connectivity index (χ0n) is 16.5. The number of carbonyl (C=O) groups excluding carboxylic acids is 2. The summed E-state index contributed by atoms with van der Waals surface area (Å²) in [5, 5.41) is 8.89. The van der Waals surface area contributed by atoms with Crippen LogP contribution in [-0.4, -0.2) is 79.6 Å². The smallest absolute Gasteiger partial charge is 0.321 e. The van der Waals surface area contributed by atoms with E-state index in [2.05, 4.69) is 37.8 Å². The number of amides is 3. The van der Waals surface area contributed by atoms with Crippen LogP contribution < -0.4 is 16.0 Å². The number of carbonyl (C=O) groups is 2. The molecule has 8 nitrogen and oxygen atoms in total. The first-order valence-electron chi connectivity index (χ1n) is 9.69. The normalized spacial score (nSPS) is 15.5. The largest absolute Gasteiger partial charge is 0.352 e. The zero-order chi connectivity index (χ0) is 19.9. The fraction of sp³-hybridized carbons (Fsp3) is 0.526. The second-order valence-electron chi connectivity index (χ2n) is 6.94. The first-order chi connectivity index (χ1) is 13.5. The Kier molecular flexibility index (Phi) is 7.18. The van der Waals surface area contributed by atoms with Crippen molar-refractivity contribution in [3.05, 3.63) is 23.8 Å². The lowest BCUT2D eigenvalue weighted by Crippen LogP contribution is -2.45. The number of likely N-dealkylation sites (N-methyl/N-ethyl adjacent to an activating group) is 1. The van der Waals surface area contributed by atoms with Crippen molar-refractivity contribution in [2.45, 2.75) is 13.3 Å². The van der Waals surface area contributed by atoms with Gasteiger partial charge in [-0.3, -0.25) is 10.1 Å². The van der Waals surface area contributed by atoms with Gasteiger partial charge >= 0.3 is 6.03 Å². The van der Waals surface area contributed by atoms with Crippen molar-refractivity contribution < 1.29 is 9.59 Å². The third-order valence-electron chi connectivity index (χ3n) is 4.74. The summed E-state index contributed by atoms with van der Waals surface area (Å²) in [6.07, 6.45) is 0.943. The van der Waals surface area contributed by atoms with E-state index in [9.17, 15) is 9.59 Å². The number of fused-ring (bicyclic) bond motifs is 1. The van der Waals surface area contributed by atoms with Crippen molar-refractivity contribution in [2.75, 3.05) is 58.2 Å². The molecule has 0 aliphatic carbocycles. The van der Waals surface area contributed by atoms with Crippen LogP contribution in [0.3, 0.4) is 0 Å². The molecule has 1 aliphatic heterocycles. The molecule has 2 aromatic rings. The molecule has 0 spiro atoms. The van der Waals surface area contributed by atoms with Gasteiger partial charge in [-0.1, -0.05) is 11.3 Å². The molecular weight excluding hydrogens is 376 g/mol. The molecule has 28 heavy (non-hydrogen) atoms. The number of hydrogen-bond donors (Lipinski definition) is 3. The summed E-state index contributed by atoms with van der Waals surface area (Å²) in [4.78, 5) is 33.2. The molecule has 3 rings (SSSR count). The highest BCUT2D eigenvalue weighted by molar-refractivity contribution is 7.22. The maximum absolute atomic E-state index is 12.4. The Labute approximate surface area is 169 Å². The predicted octanol–water partition coefficient (Wildman–Crippen LogP) is 1.81. The van der Waals surface area contributed by atoms with Crippen LogP contribution in [0.5, 0.6) is 0 Å². The third kappa shape index (κ3) is 5.63. The van der Waals surface area contributed by atoms with Gasteiger partial charge in [-0.15, -0.1) is 0 Å². The van der Waals surface area contributed by atoms with Crippen molar-refractivity contribution in [1.82, 2.24) is 25.4 Å². The summed E-state index contributed by atoms with van der Waals surface area (Å²) < 4.78 is 0.872. The molecule has 1 aliphatic rings.